The van der Waals surface area contributed by atoms with E-state index in [0.717, 1.165) is 21.6 Å². The van der Waals surface area contributed by atoms with Gasteiger partial charge in [0.25, 0.3) is 0 Å². The van der Waals surface area contributed by atoms with E-state index < -0.39 is 0 Å². The van der Waals surface area contributed by atoms with Crippen molar-refractivity contribution in [3.8, 4) is 0 Å². The van der Waals surface area contributed by atoms with Crippen molar-refractivity contribution in [1.29, 1.82) is 0 Å². The number of fused-ring (bicyclic) bond motifs is 1. The van der Waals surface area contributed by atoms with Crippen molar-refractivity contribution < 1.29 is 4.79 Å². The molecule has 0 saturated heterocycles. The molecule has 0 aliphatic heterocycles. The molecule has 0 unspecified atom stereocenters. The molecule has 2 heterocycles. The van der Waals surface area contributed by atoms with E-state index in [9.17, 15) is 4.79 Å². The maximum absolute atomic E-state index is 11.8. The summed E-state index contributed by atoms with van der Waals surface area (Å²) < 4.78 is 2.48. The van der Waals surface area contributed by atoms with Crippen LogP contribution < -0.4 is 10.9 Å². The molecule has 1 fully saturated rings. The number of nitrogens with zero attached hydrogens (tertiary/aromatic N) is 4. The summed E-state index contributed by atoms with van der Waals surface area (Å²) in [6.45, 7) is 0. The van der Waals surface area contributed by atoms with Crippen LogP contribution in [0.2, 0.25) is 0 Å². The number of hydrazine groups is 1. The van der Waals surface area contributed by atoms with Crippen molar-refractivity contribution in [1.82, 2.24) is 14.6 Å². The Kier molecular flexibility index (Phi) is 2.51. The van der Waals surface area contributed by atoms with Crippen molar-refractivity contribution in [3.05, 3.63) is 22.0 Å². The van der Waals surface area contributed by atoms with Gasteiger partial charge in [0.15, 0.2) is 11.5 Å². The number of hydrogen-bond donors (Lipinski definition) is 1. The molecule has 6 nitrogen and oxygen atoms in total. The number of aromatic nitrogens is 3. The summed E-state index contributed by atoms with van der Waals surface area (Å²) >= 11 is 2.12. The lowest BCUT2D eigenvalue weighted by atomic mass is 10.4. The minimum Gasteiger partial charge on any atom is -0.273 e. The van der Waals surface area contributed by atoms with E-state index in [4.69, 9.17) is 5.84 Å². The van der Waals surface area contributed by atoms with E-state index in [2.05, 4.69) is 32.7 Å². The SMILES string of the molecule is NN(C(=O)C1CC1)c1cn2nc(I)ccc2n1. The summed E-state index contributed by atoms with van der Waals surface area (Å²) in [4.78, 5) is 16.0. The number of amides is 1. The van der Waals surface area contributed by atoms with Crippen LogP contribution in [0, 0.1) is 9.62 Å². The molecule has 17 heavy (non-hydrogen) atoms. The van der Waals surface area contributed by atoms with Crippen LogP contribution in [0.5, 0.6) is 0 Å². The van der Waals surface area contributed by atoms with Crippen molar-refractivity contribution in [2.75, 3.05) is 5.01 Å². The fourth-order valence-electron chi connectivity index (χ4n) is 1.60. The second-order valence-electron chi connectivity index (χ2n) is 4.04. The highest BCUT2D eigenvalue weighted by Crippen LogP contribution is 2.31. The third kappa shape index (κ3) is 2.00. The molecule has 0 spiro atoms. The second kappa shape index (κ2) is 3.91. The fraction of sp³-hybridized carbons (Fsp3) is 0.300. The molecule has 2 aromatic heterocycles. The van der Waals surface area contributed by atoms with Crippen LogP contribution in [0.1, 0.15) is 12.8 Å². The van der Waals surface area contributed by atoms with Gasteiger partial charge < -0.3 is 0 Å². The minimum atomic E-state index is -0.0666. The van der Waals surface area contributed by atoms with Gasteiger partial charge in [-0.05, 0) is 47.6 Å². The lowest BCUT2D eigenvalue weighted by molar-refractivity contribution is -0.119. The van der Waals surface area contributed by atoms with Crippen LogP contribution in [0.3, 0.4) is 0 Å². The Bertz CT molecular complexity index is 591. The van der Waals surface area contributed by atoms with E-state index in [1.807, 2.05) is 12.1 Å². The highest BCUT2D eigenvalue weighted by atomic mass is 127. The van der Waals surface area contributed by atoms with Crippen LogP contribution in [0.15, 0.2) is 18.3 Å². The van der Waals surface area contributed by atoms with Crippen LogP contribution in [-0.2, 0) is 4.79 Å². The molecule has 3 rings (SSSR count). The van der Waals surface area contributed by atoms with Gasteiger partial charge in [0, 0.05) is 5.92 Å². The van der Waals surface area contributed by atoms with Gasteiger partial charge in [0.2, 0.25) is 5.91 Å². The first-order valence-electron chi connectivity index (χ1n) is 5.26. The van der Waals surface area contributed by atoms with Crippen molar-refractivity contribution in [3.63, 3.8) is 0 Å². The molecule has 1 aliphatic rings. The van der Waals surface area contributed by atoms with Gasteiger partial charge in [-0.1, -0.05) is 0 Å². The lowest BCUT2D eigenvalue weighted by Crippen LogP contribution is -2.38. The van der Waals surface area contributed by atoms with Crippen LogP contribution in [-0.4, -0.2) is 20.5 Å². The quantitative estimate of drug-likeness (QED) is 0.381. The number of carbonyl (C=O) groups excluding carboxylic acids is 1. The van der Waals surface area contributed by atoms with Gasteiger partial charge in [0.05, 0.1) is 6.20 Å². The third-order valence-corrected chi connectivity index (χ3v) is 3.26. The number of nitrogens with two attached hydrogens (primary N) is 1. The van der Waals surface area contributed by atoms with Crippen LogP contribution in [0.4, 0.5) is 5.82 Å². The van der Waals surface area contributed by atoms with Crippen LogP contribution in [0.25, 0.3) is 5.65 Å². The smallest absolute Gasteiger partial charge is 0.245 e. The number of anilines is 1. The molecule has 2 aromatic rings. The molecule has 0 radical (unpaired) electrons. The summed E-state index contributed by atoms with van der Waals surface area (Å²) in [5, 5.41) is 5.37. The minimum absolute atomic E-state index is 0.0666. The van der Waals surface area contributed by atoms with Gasteiger partial charge in [0.1, 0.15) is 3.70 Å². The summed E-state index contributed by atoms with van der Waals surface area (Å²) in [7, 11) is 0. The maximum atomic E-state index is 11.8. The topological polar surface area (TPSA) is 76.5 Å². The molecule has 1 amide bonds. The average Bonchev–Trinajstić information content (AvgIpc) is 3.07. The Hall–Kier alpha value is -1.22. The molecule has 2 N–H and O–H groups in total. The van der Waals surface area contributed by atoms with Crippen LogP contribution >= 0.6 is 22.6 Å². The van der Waals surface area contributed by atoms with Gasteiger partial charge in [-0.15, -0.1) is 0 Å². The normalized spacial score (nSPS) is 15.2. The number of halogens is 1. The number of imidazole rings is 1. The molecule has 1 aliphatic carbocycles. The van der Waals surface area contributed by atoms with E-state index in [-0.39, 0.29) is 11.8 Å². The lowest BCUT2D eigenvalue weighted by Gasteiger charge is -2.11. The average molecular weight is 343 g/mol. The van der Waals surface area contributed by atoms with Gasteiger partial charge in [-0.2, -0.15) is 5.10 Å². The van der Waals surface area contributed by atoms with E-state index in [1.54, 1.807) is 10.7 Å². The Morgan fingerprint density at radius 1 is 1.53 bits per heavy atom. The first-order valence-corrected chi connectivity index (χ1v) is 6.33. The van der Waals surface area contributed by atoms with E-state index >= 15 is 0 Å². The Balaban J connectivity index is 1.96. The largest absolute Gasteiger partial charge is 0.273 e. The fourth-order valence-corrected chi connectivity index (χ4v) is 2.01. The highest BCUT2D eigenvalue weighted by molar-refractivity contribution is 14.1. The second-order valence-corrected chi connectivity index (χ2v) is 5.15. The number of carbonyl (C=O) groups is 1. The first-order chi connectivity index (χ1) is 8.15. The molecular formula is C10H10IN5O. The Morgan fingerprint density at radius 3 is 3.00 bits per heavy atom. The first kappa shape index (κ1) is 10.9. The maximum Gasteiger partial charge on any atom is 0.245 e. The summed E-state index contributed by atoms with van der Waals surface area (Å²) in [5.41, 5.74) is 0.680. The predicted octanol–water partition coefficient (Wildman–Crippen LogP) is 0.951. The van der Waals surface area contributed by atoms with Crippen molar-refractivity contribution in [2.45, 2.75) is 12.8 Å². The van der Waals surface area contributed by atoms with E-state index in [1.165, 1.54) is 0 Å². The van der Waals surface area contributed by atoms with Crippen molar-refractivity contribution in [2.24, 2.45) is 11.8 Å². The molecule has 0 atom stereocenters. The Morgan fingerprint density at radius 2 is 2.29 bits per heavy atom. The molecule has 7 heteroatoms. The van der Waals surface area contributed by atoms with Gasteiger partial charge >= 0.3 is 0 Å². The van der Waals surface area contributed by atoms with Gasteiger partial charge in [-0.3, -0.25) is 4.79 Å². The summed E-state index contributed by atoms with van der Waals surface area (Å²) in [6, 6.07) is 3.70. The van der Waals surface area contributed by atoms with Gasteiger partial charge in [-0.25, -0.2) is 20.4 Å². The molecule has 88 valence electrons. The number of hydrogen-bond acceptors (Lipinski definition) is 4. The highest BCUT2D eigenvalue weighted by Gasteiger charge is 2.33. The predicted molar refractivity (Wildman–Crippen MR) is 70.1 cm³/mol. The Labute approximate surface area is 111 Å². The monoisotopic (exact) mass is 343 g/mol. The number of rotatable bonds is 2. The molecule has 0 bridgehead atoms. The molecule has 0 aromatic carbocycles. The summed E-state index contributed by atoms with van der Waals surface area (Å²) in [6.07, 6.45) is 3.52. The van der Waals surface area contributed by atoms with Crippen molar-refractivity contribution >= 4 is 40.0 Å². The zero-order valence-electron chi connectivity index (χ0n) is 8.88. The molecular weight excluding hydrogens is 333 g/mol. The zero-order chi connectivity index (χ0) is 12.0. The standard InChI is InChI=1S/C10H10IN5O/c11-7-3-4-8-13-9(5-15(8)14-7)16(12)10(17)6-1-2-6/h3-6H,1-2,12H2. The third-order valence-electron chi connectivity index (χ3n) is 2.69. The summed E-state index contributed by atoms with van der Waals surface area (Å²) in [5.74, 6) is 6.22. The molecule has 1 saturated carbocycles. The zero-order valence-corrected chi connectivity index (χ0v) is 11.0. The van der Waals surface area contributed by atoms with E-state index in [0.29, 0.717) is 11.5 Å².